The maximum absolute atomic E-state index is 10.4. The van der Waals surface area contributed by atoms with Crippen molar-refractivity contribution in [1.82, 2.24) is 9.80 Å². The lowest BCUT2D eigenvalue weighted by atomic mass is 10.0. The van der Waals surface area contributed by atoms with Crippen molar-refractivity contribution in [2.24, 2.45) is 0 Å². The molecule has 0 saturated carbocycles. The van der Waals surface area contributed by atoms with E-state index in [1.807, 2.05) is 12.1 Å². The Labute approximate surface area is 222 Å². The van der Waals surface area contributed by atoms with Gasteiger partial charge in [-0.3, -0.25) is 9.80 Å². The molecule has 0 amide bonds. The fourth-order valence-electron chi connectivity index (χ4n) is 5.09. The number of β-amino-alcohol motifs (C(OH)–C–C–N with tert-alkyl or cyclic N) is 1. The zero-order valence-electron chi connectivity index (χ0n) is 23.6. The van der Waals surface area contributed by atoms with Gasteiger partial charge in [0.2, 0.25) is 0 Å². The Morgan fingerprint density at radius 1 is 0.722 bits per heavy atom. The van der Waals surface area contributed by atoms with E-state index in [1.54, 1.807) is 7.11 Å². The molecule has 1 saturated heterocycles. The number of piperazine rings is 1. The average molecular weight is 505 g/mol. The van der Waals surface area contributed by atoms with Crippen LogP contribution in [0.3, 0.4) is 0 Å². The molecule has 1 aromatic carbocycles. The number of ether oxygens (including phenoxy) is 2. The minimum atomic E-state index is -0.384. The van der Waals surface area contributed by atoms with E-state index in [0.717, 1.165) is 58.0 Å². The molecule has 1 N–H and O–H groups in total. The third-order valence-corrected chi connectivity index (χ3v) is 7.45. The SMILES string of the molecule is CCCCCCCCCCCCCCCCOCC(O)CN1CCN(Cc2ccc(OC)cc2)CC1. The van der Waals surface area contributed by atoms with E-state index in [1.165, 1.54) is 89.0 Å². The van der Waals surface area contributed by atoms with Gasteiger partial charge in [0.05, 0.1) is 19.8 Å². The normalized spacial score (nSPS) is 15.9. The first-order chi connectivity index (χ1) is 17.7. The molecule has 0 radical (unpaired) electrons. The summed E-state index contributed by atoms with van der Waals surface area (Å²) in [6.07, 6.45) is 18.8. The van der Waals surface area contributed by atoms with Crippen LogP contribution in [-0.2, 0) is 11.3 Å². The van der Waals surface area contributed by atoms with Crippen LogP contribution in [-0.4, -0.2) is 74.1 Å². The summed E-state index contributed by atoms with van der Waals surface area (Å²) in [7, 11) is 1.70. The molecule has 0 bridgehead atoms. The van der Waals surface area contributed by atoms with Crippen molar-refractivity contribution < 1.29 is 14.6 Å². The quantitative estimate of drug-likeness (QED) is 0.179. The van der Waals surface area contributed by atoms with Crippen LogP contribution >= 0.6 is 0 Å². The van der Waals surface area contributed by atoms with Gasteiger partial charge in [-0.05, 0) is 24.1 Å². The molecule has 0 spiro atoms. The van der Waals surface area contributed by atoms with E-state index in [4.69, 9.17) is 9.47 Å². The van der Waals surface area contributed by atoms with Crippen LogP contribution in [0.15, 0.2) is 24.3 Å². The molecule has 1 aliphatic rings. The highest BCUT2D eigenvalue weighted by Gasteiger charge is 2.19. The summed E-state index contributed by atoms with van der Waals surface area (Å²) in [5, 5.41) is 10.4. The predicted molar refractivity (Wildman–Crippen MR) is 152 cm³/mol. The van der Waals surface area contributed by atoms with Gasteiger partial charge in [-0.15, -0.1) is 0 Å². The number of rotatable bonds is 22. The molecule has 0 aliphatic carbocycles. The molecule has 0 aromatic heterocycles. The van der Waals surface area contributed by atoms with E-state index >= 15 is 0 Å². The number of methoxy groups -OCH3 is 1. The third kappa shape index (κ3) is 15.2. The molecule has 1 aliphatic heterocycles. The Morgan fingerprint density at radius 2 is 1.22 bits per heavy atom. The average Bonchev–Trinajstić information content (AvgIpc) is 2.90. The standard InChI is InChI=1S/C31H56N2O3/c1-3-4-5-6-7-8-9-10-11-12-13-14-15-16-25-36-28-30(34)27-33-23-21-32(22-24-33)26-29-17-19-31(35-2)20-18-29/h17-20,30,34H,3-16,21-28H2,1-2H3. The van der Waals surface area contributed by atoms with Gasteiger partial charge in [-0.1, -0.05) is 103 Å². The van der Waals surface area contributed by atoms with E-state index < -0.39 is 0 Å². The van der Waals surface area contributed by atoms with E-state index in [-0.39, 0.29) is 6.10 Å². The number of hydrogen-bond acceptors (Lipinski definition) is 5. The van der Waals surface area contributed by atoms with Crippen molar-refractivity contribution >= 4 is 0 Å². The summed E-state index contributed by atoms with van der Waals surface area (Å²) in [5.41, 5.74) is 1.32. The molecule has 1 fully saturated rings. The van der Waals surface area contributed by atoms with Crippen molar-refractivity contribution in [2.45, 2.75) is 109 Å². The van der Waals surface area contributed by atoms with Crippen LogP contribution < -0.4 is 4.74 Å². The Bertz CT molecular complexity index is 617. The Morgan fingerprint density at radius 3 is 1.75 bits per heavy atom. The highest BCUT2D eigenvalue weighted by molar-refractivity contribution is 5.27. The molecule has 208 valence electrons. The minimum Gasteiger partial charge on any atom is -0.497 e. The van der Waals surface area contributed by atoms with E-state index in [2.05, 4.69) is 28.9 Å². The number of nitrogens with zero attached hydrogens (tertiary/aromatic N) is 2. The maximum atomic E-state index is 10.4. The minimum absolute atomic E-state index is 0.384. The Hall–Kier alpha value is -1.14. The van der Waals surface area contributed by atoms with Crippen LogP contribution in [0, 0.1) is 0 Å². The summed E-state index contributed by atoms with van der Waals surface area (Å²) in [4.78, 5) is 4.85. The van der Waals surface area contributed by atoms with Gasteiger partial charge in [0.15, 0.2) is 0 Å². The monoisotopic (exact) mass is 504 g/mol. The molecule has 1 heterocycles. The van der Waals surface area contributed by atoms with Gasteiger partial charge in [-0.2, -0.15) is 0 Å². The first kappa shape index (κ1) is 31.1. The van der Waals surface area contributed by atoms with Crippen molar-refractivity contribution in [3.05, 3.63) is 29.8 Å². The lowest BCUT2D eigenvalue weighted by Gasteiger charge is -2.35. The van der Waals surface area contributed by atoms with Crippen LogP contribution in [0.4, 0.5) is 0 Å². The number of hydrogen-bond donors (Lipinski definition) is 1. The fraction of sp³-hybridized carbons (Fsp3) is 0.806. The van der Waals surface area contributed by atoms with E-state index in [0.29, 0.717) is 6.61 Å². The van der Waals surface area contributed by atoms with Crippen molar-refractivity contribution in [3.63, 3.8) is 0 Å². The Balaban J connectivity index is 1.35. The molecular weight excluding hydrogens is 448 g/mol. The highest BCUT2D eigenvalue weighted by atomic mass is 16.5. The molecule has 5 nitrogen and oxygen atoms in total. The van der Waals surface area contributed by atoms with Crippen LogP contribution in [0.5, 0.6) is 5.75 Å². The summed E-state index contributed by atoms with van der Waals surface area (Å²) >= 11 is 0. The van der Waals surface area contributed by atoms with Crippen LogP contribution in [0.1, 0.15) is 102 Å². The fourth-order valence-corrected chi connectivity index (χ4v) is 5.09. The summed E-state index contributed by atoms with van der Waals surface area (Å²) in [6.45, 7) is 9.32. The molecular formula is C31H56N2O3. The number of aliphatic hydroxyl groups excluding tert-OH is 1. The highest BCUT2D eigenvalue weighted by Crippen LogP contribution is 2.15. The lowest BCUT2D eigenvalue weighted by Crippen LogP contribution is -2.48. The van der Waals surface area contributed by atoms with Gasteiger partial charge in [-0.25, -0.2) is 0 Å². The zero-order valence-corrected chi connectivity index (χ0v) is 23.6. The molecule has 5 heteroatoms. The molecule has 1 atom stereocenters. The van der Waals surface area contributed by atoms with Crippen molar-refractivity contribution in [2.75, 3.05) is 53.0 Å². The summed E-state index contributed by atoms with van der Waals surface area (Å²) in [5.74, 6) is 0.907. The van der Waals surface area contributed by atoms with Crippen LogP contribution in [0.2, 0.25) is 0 Å². The van der Waals surface area contributed by atoms with Crippen LogP contribution in [0.25, 0.3) is 0 Å². The second-order valence-electron chi connectivity index (χ2n) is 10.7. The summed E-state index contributed by atoms with van der Waals surface area (Å²) in [6, 6.07) is 8.34. The molecule has 2 rings (SSSR count). The molecule has 1 unspecified atom stereocenters. The number of unbranched alkanes of at least 4 members (excludes halogenated alkanes) is 13. The summed E-state index contributed by atoms with van der Waals surface area (Å²) < 4.78 is 11.0. The lowest BCUT2D eigenvalue weighted by molar-refractivity contribution is 0.00559. The molecule has 1 aromatic rings. The topological polar surface area (TPSA) is 45.2 Å². The van der Waals surface area contributed by atoms with Gasteiger partial charge in [0, 0.05) is 45.9 Å². The first-order valence-corrected chi connectivity index (χ1v) is 15.0. The zero-order chi connectivity index (χ0) is 25.7. The first-order valence-electron chi connectivity index (χ1n) is 15.0. The van der Waals surface area contributed by atoms with Gasteiger partial charge >= 0.3 is 0 Å². The predicted octanol–water partition coefficient (Wildman–Crippen LogP) is 6.67. The molecule has 36 heavy (non-hydrogen) atoms. The van der Waals surface area contributed by atoms with Crippen molar-refractivity contribution in [1.29, 1.82) is 0 Å². The van der Waals surface area contributed by atoms with Gasteiger partial charge in [0.1, 0.15) is 5.75 Å². The second-order valence-corrected chi connectivity index (χ2v) is 10.7. The Kier molecular flexibility index (Phi) is 18.0. The number of benzene rings is 1. The maximum Gasteiger partial charge on any atom is 0.118 e. The van der Waals surface area contributed by atoms with Crippen molar-refractivity contribution in [3.8, 4) is 5.75 Å². The number of aliphatic hydroxyl groups is 1. The smallest absolute Gasteiger partial charge is 0.118 e. The largest absolute Gasteiger partial charge is 0.497 e. The van der Waals surface area contributed by atoms with Gasteiger partial charge in [0.25, 0.3) is 0 Å². The second kappa shape index (κ2) is 20.9. The van der Waals surface area contributed by atoms with Gasteiger partial charge < -0.3 is 14.6 Å². The van der Waals surface area contributed by atoms with E-state index in [9.17, 15) is 5.11 Å². The third-order valence-electron chi connectivity index (χ3n) is 7.45.